The van der Waals surface area contributed by atoms with Crippen molar-refractivity contribution in [2.75, 3.05) is 13.1 Å². The summed E-state index contributed by atoms with van der Waals surface area (Å²) >= 11 is 0. The second kappa shape index (κ2) is 5.11. The number of hydrogen-bond acceptors (Lipinski definition) is 3. The van der Waals surface area contributed by atoms with Gasteiger partial charge in [-0.25, -0.2) is 0 Å². The molecule has 1 aromatic rings. The van der Waals surface area contributed by atoms with Crippen LogP contribution in [0.4, 0.5) is 0 Å². The van der Waals surface area contributed by atoms with Crippen LogP contribution in [0.1, 0.15) is 29.6 Å². The maximum Gasteiger partial charge on any atom is 0.259 e. The van der Waals surface area contributed by atoms with Gasteiger partial charge in [-0.3, -0.25) is 14.4 Å². The topological polar surface area (TPSA) is 82.3 Å². The molecule has 0 radical (unpaired) electrons. The van der Waals surface area contributed by atoms with Crippen LogP contribution in [0, 0.1) is 5.92 Å². The summed E-state index contributed by atoms with van der Waals surface area (Å²) in [6, 6.07) is 1.54. The summed E-state index contributed by atoms with van der Waals surface area (Å²) in [5.74, 6) is 0.181. The zero-order valence-electron chi connectivity index (χ0n) is 11.1. The third-order valence-electron chi connectivity index (χ3n) is 4.16. The molecule has 3 rings (SSSR count). The molecule has 2 fully saturated rings. The summed E-state index contributed by atoms with van der Waals surface area (Å²) in [6.07, 6.45) is 5.06. The third kappa shape index (κ3) is 2.33. The maximum absolute atomic E-state index is 12.4. The van der Waals surface area contributed by atoms with Crippen molar-refractivity contribution in [3.8, 4) is 0 Å². The second-order valence-electron chi connectivity index (χ2n) is 5.43. The van der Waals surface area contributed by atoms with Gasteiger partial charge in [0.2, 0.25) is 5.91 Å². The number of piperidine rings is 2. The molecule has 6 heteroatoms. The molecule has 1 aromatic heterocycles. The normalized spacial score (nSPS) is 25.8. The van der Waals surface area contributed by atoms with Crippen LogP contribution in [0.25, 0.3) is 0 Å². The summed E-state index contributed by atoms with van der Waals surface area (Å²) < 4.78 is 0. The molecule has 2 aliphatic heterocycles. The minimum Gasteiger partial charge on any atom is -0.367 e. The summed E-state index contributed by atoms with van der Waals surface area (Å²) in [7, 11) is 0. The molecule has 2 saturated heterocycles. The van der Waals surface area contributed by atoms with E-state index < -0.39 is 0 Å². The van der Waals surface area contributed by atoms with E-state index in [-0.39, 0.29) is 28.8 Å². The Morgan fingerprint density at radius 2 is 2.15 bits per heavy atom. The van der Waals surface area contributed by atoms with Crippen LogP contribution in [0.3, 0.4) is 0 Å². The lowest BCUT2D eigenvalue weighted by atomic mass is 9.85. The first-order chi connectivity index (χ1) is 9.65. The predicted molar refractivity (Wildman–Crippen MR) is 72.2 cm³/mol. The van der Waals surface area contributed by atoms with E-state index in [0.717, 1.165) is 12.8 Å². The second-order valence-corrected chi connectivity index (χ2v) is 5.43. The molecule has 0 spiro atoms. The Morgan fingerprint density at radius 3 is 2.95 bits per heavy atom. The van der Waals surface area contributed by atoms with Crippen LogP contribution >= 0.6 is 0 Å². The SMILES string of the molecule is O=C1CCC2CN(C(=O)c3c[nH]ccc3=O)CCC2N1. The highest BCUT2D eigenvalue weighted by Crippen LogP contribution is 2.25. The van der Waals surface area contributed by atoms with Gasteiger partial charge < -0.3 is 15.2 Å². The Morgan fingerprint density at radius 1 is 1.30 bits per heavy atom. The lowest BCUT2D eigenvalue weighted by Gasteiger charge is -2.41. The molecule has 6 nitrogen and oxygen atoms in total. The smallest absolute Gasteiger partial charge is 0.259 e. The van der Waals surface area contributed by atoms with Gasteiger partial charge in [0.1, 0.15) is 5.56 Å². The van der Waals surface area contributed by atoms with Gasteiger partial charge in [0.15, 0.2) is 5.43 Å². The molecule has 20 heavy (non-hydrogen) atoms. The van der Waals surface area contributed by atoms with Crippen molar-refractivity contribution in [2.45, 2.75) is 25.3 Å². The first-order valence-corrected chi connectivity index (χ1v) is 6.91. The standard InChI is InChI=1S/C14H17N3O3/c18-12-3-5-15-7-10(12)14(20)17-6-4-11-9(8-17)1-2-13(19)16-11/h3,5,7,9,11H,1-2,4,6,8H2,(H,15,18)(H,16,19). The minimum absolute atomic E-state index is 0.102. The van der Waals surface area contributed by atoms with E-state index in [1.807, 2.05) is 0 Å². The van der Waals surface area contributed by atoms with E-state index in [2.05, 4.69) is 10.3 Å². The summed E-state index contributed by atoms with van der Waals surface area (Å²) in [5.41, 5.74) is -0.0707. The van der Waals surface area contributed by atoms with Gasteiger partial charge in [-0.2, -0.15) is 0 Å². The van der Waals surface area contributed by atoms with Crippen LogP contribution in [0.5, 0.6) is 0 Å². The first-order valence-electron chi connectivity index (χ1n) is 6.91. The number of H-pyrrole nitrogens is 1. The van der Waals surface area contributed by atoms with Crippen molar-refractivity contribution in [3.05, 3.63) is 34.2 Å². The van der Waals surface area contributed by atoms with E-state index in [9.17, 15) is 14.4 Å². The summed E-state index contributed by atoms with van der Waals surface area (Å²) in [6.45, 7) is 1.19. The Bertz CT molecular complexity index is 595. The fourth-order valence-corrected chi connectivity index (χ4v) is 3.05. The Labute approximate surface area is 116 Å². The quantitative estimate of drug-likeness (QED) is 0.763. The van der Waals surface area contributed by atoms with Crippen molar-refractivity contribution >= 4 is 11.8 Å². The van der Waals surface area contributed by atoms with Crippen molar-refractivity contribution < 1.29 is 9.59 Å². The fraction of sp³-hybridized carbons (Fsp3) is 0.500. The zero-order chi connectivity index (χ0) is 14.1. The molecule has 2 N–H and O–H groups in total. The van der Waals surface area contributed by atoms with Crippen LogP contribution in [0.15, 0.2) is 23.3 Å². The van der Waals surface area contributed by atoms with Crippen molar-refractivity contribution in [3.63, 3.8) is 0 Å². The van der Waals surface area contributed by atoms with Gasteiger partial charge in [0, 0.05) is 44.0 Å². The van der Waals surface area contributed by atoms with Crippen molar-refractivity contribution in [1.82, 2.24) is 15.2 Å². The lowest BCUT2D eigenvalue weighted by molar-refractivity contribution is -0.125. The van der Waals surface area contributed by atoms with Crippen LogP contribution in [-0.4, -0.2) is 40.8 Å². The molecular weight excluding hydrogens is 258 g/mol. The summed E-state index contributed by atoms with van der Waals surface area (Å²) in [4.78, 5) is 39.9. The average Bonchev–Trinajstić information content (AvgIpc) is 2.46. The number of aromatic amines is 1. The van der Waals surface area contributed by atoms with Gasteiger partial charge >= 0.3 is 0 Å². The minimum atomic E-state index is -0.257. The van der Waals surface area contributed by atoms with Gasteiger partial charge in [0.05, 0.1) is 0 Å². The van der Waals surface area contributed by atoms with E-state index in [1.165, 1.54) is 18.5 Å². The van der Waals surface area contributed by atoms with Crippen LogP contribution < -0.4 is 10.7 Å². The zero-order valence-corrected chi connectivity index (χ0v) is 11.1. The Balaban J connectivity index is 1.74. The van der Waals surface area contributed by atoms with Gasteiger partial charge in [-0.05, 0) is 18.8 Å². The number of carbonyl (C=O) groups is 2. The first kappa shape index (κ1) is 12.9. The number of nitrogens with zero attached hydrogens (tertiary/aromatic N) is 1. The average molecular weight is 275 g/mol. The number of rotatable bonds is 1. The van der Waals surface area contributed by atoms with Crippen molar-refractivity contribution in [2.24, 2.45) is 5.92 Å². The van der Waals surface area contributed by atoms with E-state index >= 15 is 0 Å². The monoisotopic (exact) mass is 275 g/mol. The van der Waals surface area contributed by atoms with Gasteiger partial charge in [0.25, 0.3) is 5.91 Å². The largest absolute Gasteiger partial charge is 0.367 e. The molecule has 0 bridgehead atoms. The molecule has 2 amide bonds. The van der Waals surface area contributed by atoms with E-state index in [0.29, 0.717) is 25.4 Å². The highest BCUT2D eigenvalue weighted by Gasteiger charge is 2.35. The molecule has 0 aliphatic carbocycles. The van der Waals surface area contributed by atoms with Gasteiger partial charge in [-0.15, -0.1) is 0 Å². The number of aromatic nitrogens is 1. The van der Waals surface area contributed by atoms with Crippen molar-refractivity contribution in [1.29, 1.82) is 0 Å². The van der Waals surface area contributed by atoms with E-state index in [4.69, 9.17) is 0 Å². The number of pyridine rings is 1. The number of likely N-dealkylation sites (tertiary alicyclic amines) is 1. The molecule has 2 unspecified atom stereocenters. The van der Waals surface area contributed by atoms with Crippen LogP contribution in [-0.2, 0) is 4.79 Å². The third-order valence-corrected chi connectivity index (χ3v) is 4.16. The van der Waals surface area contributed by atoms with Crippen LogP contribution in [0.2, 0.25) is 0 Å². The fourth-order valence-electron chi connectivity index (χ4n) is 3.05. The molecule has 2 aliphatic rings. The number of amides is 2. The predicted octanol–water partition coefficient (Wildman–Crippen LogP) is 0.116. The van der Waals surface area contributed by atoms with E-state index in [1.54, 1.807) is 4.90 Å². The number of fused-ring (bicyclic) bond motifs is 1. The molecule has 2 atom stereocenters. The Hall–Kier alpha value is -2.11. The van der Waals surface area contributed by atoms with Gasteiger partial charge in [-0.1, -0.05) is 0 Å². The molecule has 106 valence electrons. The molecule has 0 aromatic carbocycles. The number of hydrogen-bond donors (Lipinski definition) is 2. The summed E-state index contributed by atoms with van der Waals surface area (Å²) in [5, 5.41) is 2.98. The maximum atomic E-state index is 12.4. The molecular formula is C14H17N3O3. The molecule has 3 heterocycles. The number of nitrogens with one attached hydrogen (secondary N) is 2. The highest BCUT2D eigenvalue weighted by atomic mass is 16.2. The molecule has 0 saturated carbocycles. The lowest BCUT2D eigenvalue weighted by Crippen LogP contribution is -2.55. The highest BCUT2D eigenvalue weighted by molar-refractivity contribution is 5.93. The Kier molecular flexibility index (Phi) is 3.30. The number of carbonyl (C=O) groups excluding carboxylic acids is 2.